The van der Waals surface area contributed by atoms with E-state index in [2.05, 4.69) is 33.1 Å². The Bertz CT molecular complexity index is 574. The molecule has 1 aliphatic carbocycles. The number of nitrogen functional groups attached to an aromatic ring is 1. The molecule has 0 aliphatic heterocycles. The molecule has 0 spiro atoms. The van der Waals surface area contributed by atoms with Crippen molar-refractivity contribution in [2.24, 2.45) is 0 Å². The maximum atomic E-state index is 12.3. The Morgan fingerprint density at radius 3 is 2.72 bits per heavy atom. The number of halogens is 1. The highest BCUT2D eigenvalue weighted by Crippen LogP contribution is 2.29. The summed E-state index contributed by atoms with van der Waals surface area (Å²) < 4.78 is 0.761. The van der Waals surface area contributed by atoms with E-state index in [-0.39, 0.29) is 12.5 Å². The lowest BCUT2D eigenvalue weighted by atomic mass is 9.93. The lowest BCUT2D eigenvalue weighted by molar-refractivity contribution is 0.0951. The highest BCUT2D eigenvalue weighted by molar-refractivity contribution is 9.10. The van der Waals surface area contributed by atoms with E-state index in [4.69, 9.17) is 10.8 Å². The molecule has 0 atom stereocenters. The smallest absolute Gasteiger partial charge is 0.251 e. The van der Waals surface area contributed by atoms with Crippen molar-refractivity contribution < 1.29 is 9.90 Å². The van der Waals surface area contributed by atoms with Crippen molar-refractivity contribution in [1.29, 1.82) is 0 Å². The summed E-state index contributed by atoms with van der Waals surface area (Å²) in [6, 6.07) is 4.28. The van der Waals surface area contributed by atoms with E-state index in [1.807, 2.05) is 6.07 Å². The number of rotatable bonds is 8. The van der Waals surface area contributed by atoms with Gasteiger partial charge in [0.05, 0.1) is 5.69 Å². The minimum Gasteiger partial charge on any atom is -0.398 e. The molecule has 5 nitrogen and oxygen atoms in total. The Morgan fingerprint density at radius 1 is 1.36 bits per heavy atom. The number of hydrogen-bond acceptors (Lipinski definition) is 4. The minimum atomic E-state index is -0.129. The molecule has 0 heterocycles. The van der Waals surface area contributed by atoms with Crippen LogP contribution in [-0.2, 0) is 6.54 Å². The topological polar surface area (TPSA) is 78.6 Å². The molecule has 2 rings (SSSR count). The summed E-state index contributed by atoms with van der Waals surface area (Å²) in [5.74, 6) is -0.129. The fourth-order valence-electron chi connectivity index (χ4n) is 3.48. The second kappa shape index (κ2) is 10.1. The van der Waals surface area contributed by atoms with Crippen molar-refractivity contribution in [3.05, 3.63) is 27.7 Å². The van der Waals surface area contributed by atoms with Crippen LogP contribution in [0.25, 0.3) is 0 Å². The van der Waals surface area contributed by atoms with E-state index >= 15 is 0 Å². The molecule has 1 aromatic rings. The fraction of sp³-hybridized carbons (Fsp3) is 0.632. The first-order chi connectivity index (χ1) is 12.1. The van der Waals surface area contributed by atoms with Crippen LogP contribution < -0.4 is 11.1 Å². The molecular formula is C19H30BrN3O2. The Hall–Kier alpha value is -1.11. The number of carbonyl (C=O) groups is 1. The predicted molar refractivity (Wildman–Crippen MR) is 106 cm³/mol. The van der Waals surface area contributed by atoms with Crippen LogP contribution in [0.5, 0.6) is 0 Å². The average Bonchev–Trinajstić information content (AvgIpc) is 2.63. The number of nitrogens with zero attached hydrogens (tertiary/aromatic N) is 1. The second-order valence-electron chi connectivity index (χ2n) is 6.72. The van der Waals surface area contributed by atoms with Crippen LogP contribution in [0, 0.1) is 0 Å². The summed E-state index contributed by atoms with van der Waals surface area (Å²) in [6.45, 7) is 4.48. The average molecular weight is 412 g/mol. The van der Waals surface area contributed by atoms with Crippen molar-refractivity contribution in [3.63, 3.8) is 0 Å². The maximum absolute atomic E-state index is 12.3. The molecule has 140 valence electrons. The van der Waals surface area contributed by atoms with E-state index in [9.17, 15) is 4.79 Å². The van der Waals surface area contributed by atoms with E-state index in [0.29, 0.717) is 30.3 Å². The van der Waals surface area contributed by atoms with E-state index in [1.54, 1.807) is 6.07 Å². The quantitative estimate of drug-likeness (QED) is 0.452. The van der Waals surface area contributed by atoms with Gasteiger partial charge in [0.15, 0.2) is 0 Å². The number of hydrogen-bond donors (Lipinski definition) is 3. The summed E-state index contributed by atoms with van der Waals surface area (Å²) in [7, 11) is 0. The van der Waals surface area contributed by atoms with Crippen LogP contribution in [0.4, 0.5) is 5.69 Å². The van der Waals surface area contributed by atoms with Crippen LogP contribution >= 0.6 is 15.9 Å². The van der Waals surface area contributed by atoms with Gasteiger partial charge in [-0.25, -0.2) is 0 Å². The zero-order chi connectivity index (χ0) is 18.2. The lowest BCUT2D eigenvalue weighted by Gasteiger charge is -2.34. The van der Waals surface area contributed by atoms with Crippen LogP contribution in [0.2, 0.25) is 0 Å². The molecule has 1 aromatic carbocycles. The normalized spacial score (nSPS) is 15.5. The SMILES string of the molecule is CCN(Cc1cc(C(=O)NCCCO)cc(Br)c1N)C1CCCCC1. The molecule has 0 aromatic heterocycles. The van der Waals surface area contributed by atoms with Gasteiger partial charge in [0.25, 0.3) is 5.91 Å². The minimum absolute atomic E-state index is 0.0732. The maximum Gasteiger partial charge on any atom is 0.251 e. The zero-order valence-corrected chi connectivity index (χ0v) is 16.6. The number of carbonyl (C=O) groups excluding carboxylic acids is 1. The van der Waals surface area contributed by atoms with Crippen molar-refractivity contribution in [2.75, 3.05) is 25.4 Å². The third-order valence-corrected chi connectivity index (χ3v) is 5.62. The lowest BCUT2D eigenvalue weighted by Crippen LogP contribution is -2.36. The number of amides is 1. The number of nitrogens with two attached hydrogens (primary N) is 1. The second-order valence-corrected chi connectivity index (χ2v) is 7.57. The molecular weight excluding hydrogens is 382 g/mol. The molecule has 1 amide bonds. The highest BCUT2D eigenvalue weighted by Gasteiger charge is 2.21. The van der Waals surface area contributed by atoms with Gasteiger partial charge in [-0.3, -0.25) is 9.69 Å². The molecule has 6 heteroatoms. The van der Waals surface area contributed by atoms with Gasteiger partial charge in [-0.1, -0.05) is 26.2 Å². The van der Waals surface area contributed by atoms with Gasteiger partial charge in [-0.2, -0.15) is 0 Å². The Morgan fingerprint density at radius 2 is 2.08 bits per heavy atom. The van der Waals surface area contributed by atoms with Crippen LogP contribution in [-0.4, -0.2) is 41.7 Å². The van der Waals surface area contributed by atoms with Gasteiger partial charge < -0.3 is 16.2 Å². The monoisotopic (exact) mass is 411 g/mol. The number of aliphatic hydroxyl groups is 1. The Balaban J connectivity index is 2.13. The van der Waals surface area contributed by atoms with Gasteiger partial charge >= 0.3 is 0 Å². The van der Waals surface area contributed by atoms with Crippen molar-refractivity contribution >= 4 is 27.5 Å². The molecule has 1 fully saturated rings. The molecule has 0 saturated heterocycles. The van der Waals surface area contributed by atoms with Crippen LogP contribution in [0.1, 0.15) is 61.4 Å². The summed E-state index contributed by atoms with van der Waals surface area (Å²) in [5, 5.41) is 11.7. The molecule has 4 N–H and O–H groups in total. The van der Waals surface area contributed by atoms with Crippen LogP contribution in [0.3, 0.4) is 0 Å². The first-order valence-corrected chi connectivity index (χ1v) is 10.1. The molecule has 0 bridgehead atoms. The van der Waals surface area contributed by atoms with Gasteiger partial charge in [0, 0.05) is 35.8 Å². The molecule has 0 radical (unpaired) electrons. The summed E-state index contributed by atoms with van der Waals surface area (Å²) in [4.78, 5) is 14.8. The standard InChI is InChI=1S/C19H30BrN3O2/c1-2-23(16-7-4-3-5-8-16)13-15-11-14(12-17(20)18(15)21)19(25)22-9-6-10-24/h11-12,16,24H,2-10,13,21H2,1H3,(H,22,25). The van der Waals surface area contributed by atoms with Crippen molar-refractivity contribution in [2.45, 2.75) is 58.0 Å². The van der Waals surface area contributed by atoms with Gasteiger partial charge in [0.1, 0.15) is 0 Å². The van der Waals surface area contributed by atoms with E-state index < -0.39 is 0 Å². The summed E-state index contributed by atoms with van der Waals surface area (Å²) in [6.07, 6.45) is 6.99. The first kappa shape index (κ1) is 20.2. The van der Waals surface area contributed by atoms with Gasteiger partial charge in [-0.05, 0) is 59.4 Å². The van der Waals surface area contributed by atoms with Crippen LogP contribution in [0.15, 0.2) is 16.6 Å². The zero-order valence-electron chi connectivity index (χ0n) is 15.1. The van der Waals surface area contributed by atoms with Crippen molar-refractivity contribution in [3.8, 4) is 0 Å². The molecule has 25 heavy (non-hydrogen) atoms. The van der Waals surface area contributed by atoms with Gasteiger partial charge in [-0.15, -0.1) is 0 Å². The number of aliphatic hydroxyl groups excluding tert-OH is 1. The number of nitrogens with one attached hydrogen (secondary N) is 1. The third-order valence-electron chi connectivity index (χ3n) is 4.97. The molecule has 1 aliphatic rings. The largest absolute Gasteiger partial charge is 0.398 e. The fourth-order valence-corrected chi connectivity index (χ4v) is 3.99. The summed E-state index contributed by atoms with van der Waals surface area (Å²) in [5.41, 5.74) is 8.58. The first-order valence-electron chi connectivity index (χ1n) is 9.27. The molecule has 1 saturated carbocycles. The van der Waals surface area contributed by atoms with E-state index in [1.165, 1.54) is 32.1 Å². The molecule has 0 unspecified atom stereocenters. The number of benzene rings is 1. The highest BCUT2D eigenvalue weighted by atomic mass is 79.9. The Kier molecular flexibility index (Phi) is 8.19. The summed E-state index contributed by atoms with van der Waals surface area (Å²) >= 11 is 3.49. The predicted octanol–water partition coefficient (Wildman–Crippen LogP) is 3.30. The van der Waals surface area contributed by atoms with E-state index in [0.717, 1.165) is 23.1 Å². The van der Waals surface area contributed by atoms with Gasteiger partial charge in [0.2, 0.25) is 0 Å². The number of anilines is 1. The third kappa shape index (κ3) is 5.69. The van der Waals surface area contributed by atoms with Crippen molar-refractivity contribution in [1.82, 2.24) is 10.2 Å². The Labute approximate surface area is 159 Å².